The molecule has 4 rings (SSSR count). The summed E-state index contributed by atoms with van der Waals surface area (Å²) in [5.74, 6) is 1.02. The van der Waals surface area contributed by atoms with Crippen LogP contribution in [0.25, 0.3) is 0 Å². The van der Waals surface area contributed by atoms with Crippen LogP contribution in [0.2, 0.25) is 0 Å². The van der Waals surface area contributed by atoms with Gasteiger partial charge in [-0.25, -0.2) is 9.97 Å². The second-order valence-corrected chi connectivity index (χ2v) is 7.38. The summed E-state index contributed by atoms with van der Waals surface area (Å²) in [6, 6.07) is 11.7. The molecule has 0 unspecified atom stereocenters. The molecule has 0 saturated carbocycles. The van der Waals surface area contributed by atoms with Crippen LogP contribution in [0.4, 0.5) is 11.4 Å². The first-order chi connectivity index (χ1) is 13.5. The van der Waals surface area contributed by atoms with Gasteiger partial charge in [0.05, 0.1) is 12.2 Å². The van der Waals surface area contributed by atoms with Crippen LogP contribution in [0.3, 0.4) is 0 Å². The first-order valence-electron chi connectivity index (χ1n) is 9.43. The van der Waals surface area contributed by atoms with Crippen LogP contribution >= 0.6 is 0 Å². The van der Waals surface area contributed by atoms with Gasteiger partial charge in [-0.05, 0) is 42.7 Å². The summed E-state index contributed by atoms with van der Waals surface area (Å²) in [7, 11) is 0. The number of nitrogens with one attached hydrogen (secondary N) is 1. The number of benzene rings is 1. The van der Waals surface area contributed by atoms with Crippen LogP contribution in [0, 0.1) is 6.92 Å². The van der Waals surface area contributed by atoms with Crippen molar-refractivity contribution in [2.75, 3.05) is 10.2 Å². The summed E-state index contributed by atoms with van der Waals surface area (Å²) in [5, 5.41) is 2.92. The highest BCUT2D eigenvalue weighted by Gasteiger charge is 2.22. The highest BCUT2D eigenvalue weighted by atomic mass is 16.1. The first kappa shape index (κ1) is 18.1. The van der Waals surface area contributed by atoms with E-state index in [2.05, 4.69) is 39.0 Å². The van der Waals surface area contributed by atoms with Crippen molar-refractivity contribution < 1.29 is 4.79 Å². The van der Waals surface area contributed by atoms with E-state index >= 15 is 0 Å². The molecule has 0 saturated heterocycles. The van der Waals surface area contributed by atoms with Crippen LogP contribution in [-0.2, 0) is 13.1 Å². The maximum absolute atomic E-state index is 12.6. The topological polar surface area (TPSA) is 71.0 Å². The van der Waals surface area contributed by atoms with Crippen molar-refractivity contribution in [3.8, 4) is 0 Å². The minimum atomic E-state index is -0.216. The third-order valence-electron chi connectivity index (χ3n) is 4.95. The van der Waals surface area contributed by atoms with E-state index in [1.54, 1.807) is 6.20 Å². The van der Waals surface area contributed by atoms with Gasteiger partial charge in [0.2, 0.25) is 0 Å². The fourth-order valence-corrected chi connectivity index (χ4v) is 3.32. The number of carbonyl (C=O) groups excluding carboxylic acids is 1. The van der Waals surface area contributed by atoms with E-state index in [1.165, 1.54) is 5.56 Å². The Labute approximate surface area is 164 Å². The quantitative estimate of drug-likeness (QED) is 0.746. The lowest BCUT2D eigenvalue weighted by atomic mass is 10.0. The van der Waals surface area contributed by atoms with Crippen molar-refractivity contribution in [3.05, 3.63) is 77.1 Å². The van der Waals surface area contributed by atoms with Crippen molar-refractivity contribution in [2.45, 2.75) is 39.8 Å². The van der Waals surface area contributed by atoms with Gasteiger partial charge >= 0.3 is 0 Å². The Hall–Kier alpha value is -3.28. The van der Waals surface area contributed by atoms with Crippen LogP contribution < -0.4 is 10.2 Å². The Balaban J connectivity index is 1.48. The van der Waals surface area contributed by atoms with Gasteiger partial charge < -0.3 is 10.2 Å². The number of hydrogen-bond acceptors (Lipinski definition) is 5. The van der Waals surface area contributed by atoms with Crippen LogP contribution in [0.1, 0.15) is 52.9 Å². The van der Waals surface area contributed by atoms with Gasteiger partial charge in [0.15, 0.2) is 0 Å². The van der Waals surface area contributed by atoms with Gasteiger partial charge in [0.1, 0.15) is 11.5 Å². The largest absolute Gasteiger partial charge is 0.361 e. The molecule has 1 aromatic carbocycles. The van der Waals surface area contributed by atoms with E-state index in [1.807, 2.05) is 49.5 Å². The molecule has 0 aliphatic carbocycles. The number of fused-ring (bicyclic) bond motifs is 1. The first-order valence-corrected chi connectivity index (χ1v) is 9.43. The Kier molecular flexibility index (Phi) is 4.77. The van der Waals surface area contributed by atoms with E-state index in [9.17, 15) is 4.79 Å². The molecule has 2 aromatic heterocycles. The molecule has 28 heavy (non-hydrogen) atoms. The third kappa shape index (κ3) is 3.71. The fraction of sp³-hybridized carbons (Fsp3) is 0.273. The van der Waals surface area contributed by atoms with Gasteiger partial charge in [0, 0.05) is 35.9 Å². The monoisotopic (exact) mass is 373 g/mol. The zero-order valence-electron chi connectivity index (χ0n) is 16.3. The average molecular weight is 373 g/mol. The normalized spacial score (nSPS) is 12.9. The number of amides is 1. The summed E-state index contributed by atoms with van der Waals surface area (Å²) in [6.07, 6.45) is 3.55. The molecule has 6 heteroatoms. The standard InChI is InChI=1S/C22H23N5O/c1-14(2)16-4-6-18(7-5-16)26-22(28)20-10-19(8-9-23-20)27-12-17-11-24-15(3)25-21(17)13-27/h4-11,14H,12-13H2,1-3H3,(H,26,28). The summed E-state index contributed by atoms with van der Waals surface area (Å²) < 4.78 is 0. The molecule has 1 N–H and O–H groups in total. The number of hydrogen-bond donors (Lipinski definition) is 1. The predicted molar refractivity (Wildman–Crippen MR) is 109 cm³/mol. The highest BCUT2D eigenvalue weighted by Crippen LogP contribution is 2.27. The van der Waals surface area contributed by atoms with E-state index in [0.717, 1.165) is 35.0 Å². The number of anilines is 2. The molecule has 0 fully saturated rings. The zero-order valence-corrected chi connectivity index (χ0v) is 16.3. The smallest absolute Gasteiger partial charge is 0.274 e. The summed E-state index contributed by atoms with van der Waals surface area (Å²) >= 11 is 0. The number of carbonyl (C=O) groups is 1. The summed E-state index contributed by atoms with van der Waals surface area (Å²) in [4.78, 5) is 27.9. The molecule has 1 aliphatic heterocycles. The summed E-state index contributed by atoms with van der Waals surface area (Å²) in [5.41, 5.74) is 5.51. The number of pyridine rings is 1. The molecular weight excluding hydrogens is 350 g/mol. The second kappa shape index (κ2) is 7.38. The van der Waals surface area contributed by atoms with Crippen molar-refractivity contribution in [1.29, 1.82) is 0 Å². The van der Waals surface area contributed by atoms with Gasteiger partial charge in [0.25, 0.3) is 5.91 Å². The Morgan fingerprint density at radius 2 is 1.89 bits per heavy atom. The van der Waals surface area contributed by atoms with E-state index in [-0.39, 0.29) is 5.91 Å². The van der Waals surface area contributed by atoms with E-state index in [4.69, 9.17) is 0 Å². The Bertz CT molecular complexity index is 1010. The Morgan fingerprint density at radius 1 is 1.11 bits per heavy atom. The van der Waals surface area contributed by atoms with Crippen LogP contribution in [0.15, 0.2) is 48.8 Å². The number of aromatic nitrogens is 3. The van der Waals surface area contributed by atoms with Crippen LogP contribution in [-0.4, -0.2) is 20.9 Å². The van der Waals surface area contributed by atoms with Gasteiger partial charge in [-0.3, -0.25) is 9.78 Å². The van der Waals surface area contributed by atoms with E-state index < -0.39 is 0 Å². The maximum Gasteiger partial charge on any atom is 0.274 e. The lowest BCUT2D eigenvalue weighted by molar-refractivity contribution is 0.102. The number of rotatable bonds is 4. The molecule has 3 aromatic rings. The molecule has 0 bridgehead atoms. The van der Waals surface area contributed by atoms with Gasteiger partial charge in [-0.2, -0.15) is 0 Å². The number of nitrogens with zero attached hydrogens (tertiary/aromatic N) is 4. The second-order valence-electron chi connectivity index (χ2n) is 7.38. The molecule has 142 valence electrons. The highest BCUT2D eigenvalue weighted by molar-refractivity contribution is 6.03. The van der Waals surface area contributed by atoms with Crippen molar-refractivity contribution in [2.24, 2.45) is 0 Å². The number of aryl methyl sites for hydroxylation is 1. The molecule has 0 spiro atoms. The third-order valence-corrected chi connectivity index (χ3v) is 4.95. The lowest BCUT2D eigenvalue weighted by Crippen LogP contribution is -2.18. The minimum absolute atomic E-state index is 0.216. The van der Waals surface area contributed by atoms with Crippen molar-refractivity contribution in [1.82, 2.24) is 15.0 Å². The minimum Gasteiger partial charge on any atom is -0.361 e. The van der Waals surface area contributed by atoms with Crippen molar-refractivity contribution >= 4 is 17.3 Å². The molecule has 0 atom stereocenters. The predicted octanol–water partition coefficient (Wildman–Crippen LogP) is 4.08. The molecule has 3 heterocycles. The lowest BCUT2D eigenvalue weighted by Gasteiger charge is -2.17. The zero-order chi connectivity index (χ0) is 19.7. The van der Waals surface area contributed by atoms with E-state index in [0.29, 0.717) is 18.2 Å². The fourth-order valence-electron chi connectivity index (χ4n) is 3.32. The SMILES string of the molecule is Cc1ncc2c(n1)CN(c1ccnc(C(=O)Nc3ccc(C(C)C)cc3)c1)C2. The maximum atomic E-state index is 12.6. The Morgan fingerprint density at radius 3 is 2.64 bits per heavy atom. The summed E-state index contributed by atoms with van der Waals surface area (Å²) in [6.45, 7) is 7.63. The van der Waals surface area contributed by atoms with Crippen LogP contribution in [0.5, 0.6) is 0 Å². The molecule has 1 aliphatic rings. The average Bonchev–Trinajstić information content (AvgIpc) is 3.11. The molecular formula is C22H23N5O. The molecule has 0 radical (unpaired) electrons. The van der Waals surface area contributed by atoms with Gasteiger partial charge in [-0.15, -0.1) is 0 Å². The van der Waals surface area contributed by atoms with Crippen molar-refractivity contribution in [3.63, 3.8) is 0 Å². The van der Waals surface area contributed by atoms with Gasteiger partial charge in [-0.1, -0.05) is 26.0 Å². The molecule has 6 nitrogen and oxygen atoms in total. The molecule has 1 amide bonds.